The SMILES string of the molecule is CC(C)=CC1C(C(=O)N2CCN(S(=O)(=O)c3ccc(F)c(Cl)c3)CC2)C1(C)C. The highest BCUT2D eigenvalue weighted by molar-refractivity contribution is 7.89. The van der Waals surface area contributed by atoms with Crippen LogP contribution in [0.15, 0.2) is 34.7 Å². The van der Waals surface area contributed by atoms with Gasteiger partial charge in [0.2, 0.25) is 15.9 Å². The van der Waals surface area contributed by atoms with E-state index >= 15 is 0 Å². The summed E-state index contributed by atoms with van der Waals surface area (Å²) >= 11 is 5.73. The van der Waals surface area contributed by atoms with E-state index in [1.165, 1.54) is 15.9 Å². The number of piperazine rings is 1. The molecular formula is C20H26ClFN2O3S. The van der Waals surface area contributed by atoms with E-state index in [1.807, 2.05) is 13.8 Å². The van der Waals surface area contributed by atoms with Crippen LogP contribution in [-0.2, 0) is 14.8 Å². The van der Waals surface area contributed by atoms with Gasteiger partial charge in [0.05, 0.1) is 15.8 Å². The van der Waals surface area contributed by atoms with Crippen LogP contribution in [-0.4, -0.2) is 49.7 Å². The maximum absolute atomic E-state index is 13.3. The van der Waals surface area contributed by atoms with E-state index in [0.29, 0.717) is 13.1 Å². The van der Waals surface area contributed by atoms with Crippen molar-refractivity contribution in [3.05, 3.63) is 40.7 Å². The van der Waals surface area contributed by atoms with Gasteiger partial charge in [-0.2, -0.15) is 4.31 Å². The predicted octanol–water partition coefficient (Wildman–Crippen LogP) is 3.55. The number of rotatable bonds is 4. The quantitative estimate of drug-likeness (QED) is 0.689. The lowest BCUT2D eigenvalue weighted by Gasteiger charge is -2.34. The van der Waals surface area contributed by atoms with Gasteiger partial charge in [-0.1, -0.05) is 37.1 Å². The van der Waals surface area contributed by atoms with Crippen LogP contribution in [0.2, 0.25) is 5.02 Å². The molecule has 28 heavy (non-hydrogen) atoms. The molecule has 2 aliphatic rings. The smallest absolute Gasteiger partial charge is 0.243 e. The Bertz CT molecular complexity index is 917. The van der Waals surface area contributed by atoms with Crippen molar-refractivity contribution in [1.82, 2.24) is 9.21 Å². The number of nitrogens with zero attached hydrogens (tertiary/aromatic N) is 2. The van der Waals surface area contributed by atoms with E-state index in [1.54, 1.807) is 4.90 Å². The van der Waals surface area contributed by atoms with Gasteiger partial charge < -0.3 is 4.90 Å². The number of sulfonamides is 1. The Morgan fingerprint density at radius 2 is 1.82 bits per heavy atom. The van der Waals surface area contributed by atoms with Crippen molar-refractivity contribution in [1.29, 1.82) is 0 Å². The zero-order valence-electron chi connectivity index (χ0n) is 16.6. The van der Waals surface area contributed by atoms with Crippen molar-refractivity contribution >= 4 is 27.5 Å². The van der Waals surface area contributed by atoms with Gasteiger partial charge in [0.1, 0.15) is 5.82 Å². The molecule has 1 saturated carbocycles. The number of amides is 1. The van der Waals surface area contributed by atoms with Crippen molar-refractivity contribution in [2.45, 2.75) is 32.6 Å². The predicted molar refractivity (Wildman–Crippen MR) is 107 cm³/mol. The first-order valence-electron chi connectivity index (χ1n) is 9.35. The number of hydrogen-bond donors (Lipinski definition) is 0. The van der Waals surface area contributed by atoms with Gasteiger partial charge in [0, 0.05) is 26.2 Å². The normalized spacial score (nSPS) is 24.7. The van der Waals surface area contributed by atoms with Crippen LogP contribution < -0.4 is 0 Å². The van der Waals surface area contributed by atoms with E-state index in [2.05, 4.69) is 19.9 Å². The third-order valence-electron chi connectivity index (χ3n) is 5.77. The topological polar surface area (TPSA) is 57.7 Å². The van der Waals surface area contributed by atoms with Crippen molar-refractivity contribution in [2.24, 2.45) is 17.3 Å². The Kier molecular flexibility index (Phi) is 5.64. The number of carbonyl (C=O) groups excluding carboxylic acids is 1. The minimum absolute atomic E-state index is 0.0365. The first-order chi connectivity index (χ1) is 13.0. The van der Waals surface area contributed by atoms with Crippen LogP contribution in [0.25, 0.3) is 0 Å². The number of benzene rings is 1. The molecule has 0 N–H and O–H groups in total. The van der Waals surface area contributed by atoms with Crippen LogP contribution in [0, 0.1) is 23.1 Å². The highest BCUT2D eigenvalue weighted by Gasteiger charge is 2.61. The van der Waals surface area contributed by atoms with Gasteiger partial charge in [-0.15, -0.1) is 0 Å². The second-order valence-electron chi connectivity index (χ2n) is 8.37. The summed E-state index contributed by atoms with van der Waals surface area (Å²) in [7, 11) is -3.77. The first-order valence-corrected chi connectivity index (χ1v) is 11.2. The highest BCUT2D eigenvalue weighted by atomic mass is 35.5. The Balaban J connectivity index is 1.67. The van der Waals surface area contributed by atoms with E-state index in [9.17, 15) is 17.6 Å². The fourth-order valence-electron chi connectivity index (χ4n) is 3.95. The Morgan fingerprint density at radius 1 is 1.21 bits per heavy atom. The molecular weight excluding hydrogens is 403 g/mol. The highest BCUT2D eigenvalue weighted by Crippen LogP contribution is 2.60. The van der Waals surface area contributed by atoms with Crippen LogP contribution in [0.5, 0.6) is 0 Å². The van der Waals surface area contributed by atoms with Crippen LogP contribution in [0.1, 0.15) is 27.7 Å². The molecule has 0 aromatic heterocycles. The average Bonchev–Trinajstić information content (AvgIpc) is 3.15. The van der Waals surface area contributed by atoms with Crippen LogP contribution in [0.4, 0.5) is 4.39 Å². The number of halogens is 2. The van der Waals surface area contributed by atoms with Gasteiger partial charge in [-0.05, 0) is 43.4 Å². The monoisotopic (exact) mass is 428 g/mol. The molecule has 0 spiro atoms. The molecule has 1 aromatic rings. The molecule has 1 heterocycles. The van der Waals surface area contributed by atoms with Gasteiger partial charge in [-0.3, -0.25) is 4.79 Å². The van der Waals surface area contributed by atoms with Crippen LogP contribution >= 0.6 is 11.6 Å². The fraction of sp³-hybridized carbons (Fsp3) is 0.550. The molecule has 2 unspecified atom stereocenters. The third kappa shape index (κ3) is 3.84. The summed E-state index contributed by atoms with van der Waals surface area (Å²) in [6.45, 7) is 9.37. The average molecular weight is 429 g/mol. The molecule has 2 atom stereocenters. The molecule has 1 amide bonds. The molecule has 5 nitrogen and oxygen atoms in total. The molecule has 1 aliphatic carbocycles. The summed E-state index contributed by atoms with van der Waals surface area (Å²) in [5.41, 5.74) is 1.13. The lowest BCUT2D eigenvalue weighted by molar-refractivity contribution is -0.134. The molecule has 8 heteroatoms. The summed E-state index contributed by atoms with van der Waals surface area (Å²) < 4.78 is 40.2. The molecule has 1 saturated heterocycles. The standard InChI is InChI=1S/C20H26ClFN2O3S/c1-13(2)11-15-18(20(15,3)4)19(25)23-7-9-24(10-8-23)28(26,27)14-5-6-17(22)16(21)12-14/h5-6,11-12,15,18H,7-10H2,1-4H3. The van der Waals surface area contributed by atoms with Gasteiger partial charge in [0.25, 0.3) is 0 Å². The molecule has 0 radical (unpaired) electrons. The number of carbonyl (C=O) groups is 1. The summed E-state index contributed by atoms with van der Waals surface area (Å²) in [6, 6.07) is 3.39. The second kappa shape index (κ2) is 7.43. The Labute approximate surface area is 171 Å². The van der Waals surface area contributed by atoms with Gasteiger partial charge >= 0.3 is 0 Å². The maximum Gasteiger partial charge on any atom is 0.243 e. The largest absolute Gasteiger partial charge is 0.340 e. The second-order valence-corrected chi connectivity index (χ2v) is 10.7. The zero-order valence-corrected chi connectivity index (χ0v) is 18.1. The van der Waals surface area contributed by atoms with Crippen LogP contribution in [0.3, 0.4) is 0 Å². The Hall–Kier alpha value is -1.44. The molecule has 0 bridgehead atoms. The maximum atomic E-state index is 13.3. The summed E-state index contributed by atoms with van der Waals surface area (Å²) in [4.78, 5) is 14.7. The van der Waals surface area contributed by atoms with E-state index in [4.69, 9.17) is 11.6 Å². The minimum Gasteiger partial charge on any atom is -0.340 e. The minimum atomic E-state index is -3.77. The number of allylic oxidation sites excluding steroid dienone is 2. The van der Waals surface area contributed by atoms with Crippen molar-refractivity contribution in [2.75, 3.05) is 26.2 Å². The fourth-order valence-corrected chi connectivity index (χ4v) is 5.65. The third-order valence-corrected chi connectivity index (χ3v) is 7.95. The Morgan fingerprint density at radius 3 is 2.36 bits per heavy atom. The lowest BCUT2D eigenvalue weighted by Crippen LogP contribution is -2.51. The van der Waals surface area contributed by atoms with E-state index in [-0.39, 0.29) is 46.2 Å². The van der Waals surface area contributed by atoms with Crippen molar-refractivity contribution in [3.8, 4) is 0 Å². The molecule has 1 aromatic carbocycles. The van der Waals surface area contributed by atoms with Gasteiger partial charge in [0.15, 0.2) is 0 Å². The van der Waals surface area contributed by atoms with Crippen molar-refractivity contribution < 1.29 is 17.6 Å². The van der Waals surface area contributed by atoms with Gasteiger partial charge in [-0.25, -0.2) is 12.8 Å². The summed E-state index contributed by atoms with van der Waals surface area (Å²) in [6.07, 6.45) is 2.15. The molecule has 3 rings (SSSR count). The molecule has 2 fully saturated rings. The van der Waals surface area contributed by atoms with Crippen molar-refractivity contribution in [3.63, 3.8) is 0 Å². The van der Waals surface area contributed by atoms with E-state index < -0.39 is 15.8 Å². The molecule has 154 valence electrons. The first kappa shape index (κ1) is 21.3. The number of hydrogen-bond acceptors (Lipinski definition) is 3. The van der Waals surface area contributed by atoms with E-state index in [0.717, 1.165) is 12.1 Å². The lowest BCUT2D eigenvalue weighted by atomic mass is 10.1. The summed E-state index contributed by atoms with van der Waals surface area (Å²) in [5, 5.41) is -0.226. The summed E-state index contributed by atoms with van der Waals surface area (Å²) in [5.74, 6) is -0.391. The molecule has 1 aliphatic heterocycles. The zero-order chi connectivity index (χ0) is 20.9.